The van der Waals surface area contributed by atoms with E-state index >= 15 is 0 Å². The molecule has 1 N–H and O–H groups in total. The maximum atomic E-state index is 12.0. The number of hydrogen-bond donors (Lipinski definition) is 1. The summed E-state index contributed by atoms with van der Waals surface area (Å²) < 4.78 is 5.25. The van der Waals surface area contributed by atoms with Crippen molar-refractivity contribution >= 4 is 18.0 Å². The standard InChI is InChI=1S/C16H15NO4/c1-10-3-6-12(7-4-10)15(18)17-14(16(19)20)9-13-8-5-11(2)21-13/h3-9H,1-2H3,(H,17,18)(H,19,20)/p-1. The first-order valence-corrected chi connectivity index (χ1v) is 6.33. The molecular formula is C16H14NO4-. The summed E-state index contributed by atoms with van der Waals surface area (Å²) in [5.74, 6) is -1.03. The second kappa shape index (κ2) is 6.09. The number of benzene rings is 1. The van der Waals surface area contributed by atoms with Crippen molar-refractivity contribution in [3.8, 4) is 0 Å². The molecule has 2 aromatic rings. The zero-order valence-electron chi connectivity index (χ0n) is 11.7. The molecule has 0 saturated heterocycles. The zero-order chi connectivity index (χ0) is 15.4. The molecule has 1 amide bonds. The number of carboxylic acids is 1. The van der Waals surface area contributed by atoms with Crippen molar-refractivity contribution in [2.24, 2.45) is 0 Å². The van der Waals surface area contributed by atoms with Gasteiger partial charge < -0.3 is 19.6 Å². The Balaban J connectivity index is 2.20. The molecule has 0 aliphatic heterocycles. The van der Waals surface area contributed by atoms with E-state index in [0.29, 0.717) is 17.1 Å². The van der Waals surface area contributed by atoms with Gasteiger partial charge in [0.1, 0.15) is 11.5 Å². The van der Waals surface area contributed by atoms with E-state index in [9.17, 15) is 14.7 Å². The van der Waals surface area contributed by atoms with Gasteiger partial charge in [0.25, 0.3) is 5.91 Å². The zero-order valence-corrected chi connectivity index (χ0v) is 11.7. The maximum Gasteiger partial charge on any atom is 0.255 e. The number of carbonyl (C=O) groups is 2. The van der Waals surface area contributed by atoms with Crippen LogP contribution in [0, 0.1) is 13.8 Å². The molecule has 0 radical (unpaired) electrons. The Morgan fingerprint density at radius 1 is 1.10 bits per heavy atom. The summed E-state index contributed by atoms with van der Waals surface area (Å²) in [5, 5.41) is 13.4. The van der Waals surface area contributed by atoms with Gasteiger partial charge in [-0.25, -0.2) is 0 Å². The molecule has 1 heterocycles. The molecule has 0 saturated carbocycles. The molecule has 0 aliphatic carbocycles. The second-order valence-electron chi connectivity index (χ2n) is 4.61. The van der Waals surface area contributed by atoms with Crippen molar-refractivity contribution in [1.29, 1.82) is 0 Å². The van der Waals surface area contributed by atoms with Crippen LogP contribution < -0.4 is 10.4 Å². The highest BCUT2D eigenvalue weighted by Crippen LogP contribution is 2.11. The van der Waals surface area contributed by atoms with Crippen LogP contribution >= 0.6 is 0 Å². The predicted octanol–water partition coefficient (Wildman–Crippen LogP) is 1.42. The molecule has 1 aromatic heterocycles. The summed E-state index contributed by atoms with van der Waals surface area (Å²) in [6.07, 6.45) is 1.22. The van der Waals surface area contributed by atoms with E-state index in [4.69, 9.17) is 4.42 Å². The number of amides is 1. The highest BCUT2D eigenvalue weighted by Gasteiger charge is 2.09. The van der Waals surface area contributed by atoms with E-state index in [0.717, 1.165) is 5.56 Å². The highest BCUT2D eigenvalue weighted by molar-refractivity contribution is 6.02. The average Bonchev–Trinajstić information content (AvgIpc) is 2.84. The van der Waals surface area contributed by atoms with Crippen molar-refractivity contribution in [2.45, 2.75) is 13.8 Å². The number of rotatable bonds is 4. The Morgan fingerprint density at radius 3 is 2.29 bits per heavy atom. The fraction of sp³-hybridized carbons (Fsp3) is 0.125. The number of hydrogen-bond acceptors (Lipinski definition) is 4. The first kappa shape index (κ1) is 14.6. The molecule has 0 unspecified atom stereocenters. The van der Waals surface area contributed by atoms with E-state index in [1.165, 1.54) is 6.08 Å². The molecule has 1 aromatic carbocycles. The fourth-order valence-corrected chi connectivity index (χ4v) is 1.72. The molecule has 108 valence electrons. The number of furan rings is 1. The van der Waals surface area contributed by atoms with E-state index < -0.39 is 11.9 Å². The molecule has 0 atom stereocenters. The number of carboxylic acid groups (broad SMARTS) is 1. The average molecular weight is 284 g/mol. The SMILES string of the molecule is Cc1ccc(C(=O)NC(=Cc2ccc(C)o2)C(=O)[O-])cc1. The monoisotopic (exact) mass is 284 g/mol. The van der Waals surface area contributed by atoms with Crippen LogP contribution in [0.15, 0.2) is 46.5 Å². The minimum atomic E-state index is -1.48. The third-order valence-electron chi connectivity index (χ3n) is 2.83. The first-order chi connectivity index (χ1) is 9.95. The Labute approximate surface area is 121 Å². The number of carbonyl (C=O) groups excluding carboxylic acids is 2. The van der Waals surface area contributed by atoms with Gasteiger partial charge in [-0.2, -0.15) is 0 Å². The number of aliphatic carboxylic acids is 1. The molecular weight excluding hydrogens is 270 g/mol. The van der Waals surface area contributed by atoms with Gasteiger partial charge in [-0.15, -0.1) is 0 Å². The quantitative estimate of drug-likeness (QED) is 0.861. The van der Waals surface area contributed by atoms with Crippen LogP contribution in [0.4, 0.5) is 0 Å². The maximum absolute atomic E-state index is 12.0. The summed E-state index contributed by atoms with van der Waals surface area (Å²) in [5.41, 5.74) is 1.02. The van der Waals surface area contributed by atoms with E-state index in [-0.39, 0.29) is 5.70 Å². The van der Waals surface area contributed by atoms with Crippen molar-refractivity contribution in [3.05, 3.63) is 64.7 Å². The van der Waals surface area contributed by atoms with Gasteiger partial charge in [0, 0.05) is 11.6 Å². The summed E-state index contributed by atoms with van der Waals surface area (Å²) in [6.45, 7) is 3.63. The predicted molar refractivity (Wildman–Crippen MR) is 75.1 cm³/mol. The lowest BCUT2D eigenvalue weighted by atomic mass is 10.1. The Hall–Kier alpha value is -2.82. The Bertz CT molecular complexity index is 695. The van der Waals surface area contributed by atoms with E-state index in [1.807, 2.05) is 6.92 Å². The van der Waals surface area contributed by atoms with Gasteiger partial charge in [0.2, 0.25) is 0 Å². The van der Waals surface area contributed by atoms with Crippen LogP contribution in [0.25, 0.3) is 6.08 Å². The van der Waals surface area contributed by atoms with Gasteiger partial charge in [0.05, 0.1) is 11.7 Å². The van der Waals surface area contributed by atoms with Crippen molar-refractivity contribution in [2.75, 3.05) is 0 Å². The van der Waals surface area contributed by atoms with Gasteiger partial charge >= 0.3 is 0 Å². The van der Waals surface area contributed by atoms with Crippen molar-refractivity contribution in [1.82, 2.24) is 5.32 Å². The van der Waals surface area contributed by atoms with Crippen molar-refractivity contribution < 1.29 is 19.1 Å². The van der Waals surface area contributed by atoms with Gasteiger partial charge in [-0.1, -0.05) is 17.7 Å². The van der Waals surface area contributed by atoms with Crippen LogP contribution in [0.1, 0.15) is 27.4 Å². The lowest BCUT2D eigenvalue weighted by Crippen LogP contribution is -2.35. The van der Waals surface area contributed by atoms with Crippen LogP contribution in [-0.2, 0) is 4.79 Å². The topological polar surface area (TPSA) is 82.4 Å². The van der Waals surface area contributed by atoms with Crippen LogP contribution in [0.3, 0.4) is 0 Å². The lowest BCUT2D eigenvalue weighted by molar-refractivity contribution is -0.299. The summed E-state index contributed by atoms with van der Waals surface area (Å²) >= 11 is 0. The third-order valence-corrected chi connectivity index (χ3v) is 2.83. The third kappa shape index (κ3) is 3.82. The Kier molecular flexibility index (Phi) is 4.23. The van der Waals surface area contributed by atoms with Gasteiger partial charge in [-0.05, 0) is 38.1 Å². The first-order valence-electron chi connectivity index (χ1n) is 6.33. The molecule has 0 bridgehead atoms. The van der Waals surface area contributed by atoms with Gasteiger partial charge in [0.15, 0.2) is 0 Å². The molecule has 5 heteroatoms. The lowest BCUT2D eigenvalue weighted by Gasteiger charge is -2.10. The largest absolute Gasteiger partial charge is 0.543 e. The van der Waals surface area contributed by atoms with Crippen LogP contribution in [0.2, 0.25) is 0 Å². The minimum absolute atomic E-state index is 0.330. The highest BCUT2D eigenvalue weighted by atomic mass is 16.4. The molecule has 0 fully saturated rings. The fourth-order valence-electron chi connectivity index (χ4n) is 1.72. The summed E-state index contributed by atoms with van der Waals surface area (Å²) in [7, 11) is 0. The van der Waals surface area contributed by atoms with Crippen LogP contribution in [-0.4, -0.2) is 11.9 Å². The molecule has 21 heavy (non-hydrogen) atoms. The number of aryl methyl sites for hydroxylation is 2. The number of nitrogens with one attached hydrogen (secondary N) is 1. The van der Waals surface area contributed by atoms with E-state index in [1.54, 1.807) is 43.3 Å². The summed E-state index contributed by atoms with van der Waals surface area (Å²) in [4.78, 5) is 23.1. The normalized spacial score (nSPS) is 11.2. The molecule has 0 spiro atoms. The second-order valence-corrected chi connectivity index (χ2v) is 4.61. The summed E-state index contributed by atoms with van der Waals surface area (Å²) in [6, 6.07) is 10.1. The van der Waals surface area contributed by atoms with Crippen LogP contribution in [0.5, 0.6) is 0 Å². The Morgan fingerprint density at radius 2 is 1.76 bits per heavy atom. The molecule has 2 rings (SSSR count). The smallest absolute Gasteiger partial charge is 0.255 e. The minimum Gasteiger partial charge on any atom is -0.543 e. The molecule has 5 nitrogen and oxygen atoms in total. The van der Waals surface area contributed by atoms with Crippen molar-refractivity contribution in [3.63, 3.8) is 0 Å². The van der Waals surface area contributed by atoms with E-state index in [2.05, 4.69) is 5.32 Å². The molecule has 0 aliphatic rings. The van der Waals surface area contributed by atoms with Gasteiger partial charge in [-0.3, -0.25) is 4.79 Å².